The summed E-state index contributed by atoms with van der Waals surface area (Å²) in [5.74, 6) is -0.274. The number of nitrogens with zero attached hydrogens (tertiary/aromatic N) is 1. The van der Waals surface area contributed by atoms with Crippen LogP contribution in [-0.4, -0.2) is 37.4 Å². The van der Waals surface area contributed by atoms with E-state index in [0.29, 0.717) is 16.3 Å². The van der Waals surface area contributed by atoms with Gasteiger partial charge in [-0.3, -0.25) is 19.3 Å². The second-order valence-electron chi connectivity index (χ2n) is 8.03. The van der Waals surface area contributed by atoms with Crippen molar-refractivity contribution in [2.24, 2.45) is 0 Å². The predicted molar refractivity (Wildman–Crippen MR) is 135 cm³/mol. The predicted octanol–water partition coefficient (Wildman–Crippen LogP) is 4.38. The third kappa shape index (κ3) is 5.66. The minimum atomic E-state index is -0.847. The fourth-order valence-corrected chi connectivity index (χ4v) is 5.54. The Bertz CT molecular complexity index is 1090. The number of carbonyl (C=O) groups is 3. The molecule has 2 aromatic heterocycles. The average Bonchev–Trinajstić information content (AvgIpc) is 3.64. The minimum absolute atomic E-state index is 0.112. The van der Waals surface area contributed by atoms with Crippen LogP contribution >= 0.6 is 22.7 Å². The van der Waals surface area contributed by atoms with E-state index in [0.717, 1.165) is 30.6 Å². The molecule has 9 heteroatoms. The molecule has 178 valence electrons. The number of rotatable bonds is 9. The molecule has 1 aliphatic carbocycles. The van der Waals surface area contributed by atoms with Crippen molar-refractivity contribution in [2.75, 3.05) is 18.6 Å². The van der Waals surface area contributed by atoms with Gasteiger partial charge in [0.15, 0.2) is 0 Å². The zero-order valence-electron chi connectivity index (χ0n) is 18.9. The third-order valence-electron chi connectivity index (χ3n) is 5.79. The highest BCUT2D eigenvalue weighted by Crippen LogP contribution is 2.32. The summed E-state index contributed by atoms with van der Waals surface area (Å²) in [4.78, 5) is 42.3. The molecule has 0 aliphatic heterocycles. The summed E-state index contributed by atoms with van der Waals surface area (Å²) in [5, 5.41) is 9.54. The van der Waals surface area contributed by atoms with Gasteiger partial charge in [-0.15, -0.1) is 22.7 Å². The van der Waals surface area contributed by atoms with Crippen LogP contribution in [0.25, 0.3) is 0 Å². The molecule has 1 unspecified atom stereocenters. The quantitative estimate of drug-likeness (QED) is 0.459. The van der Waals surface area contributed by atoms with Gasteiger partial charge in [0.1, 0.15) is 11.8 Å². The van der Waals surface area contributed by atoms with Gasteiger partial charge < -0.3 is 15.4 Å². The van der Waals surface area contributed by atoms with Crippen molar-refractivity contribution in [3.63, 3.8) is 0 Å². The van der Waals surface area contributed by atoms with Crippen molar-refractivity contribution in [3.05, 3.63) is 69.0 Å². The zero-order valence-corrected chi connectivity index (χ0v) is 20.5. The first-order chi connectivity index (χ1) is 16.6. The van der Waals surface area contributed by atoms with E-state index in [-0.39, 0.29) is 30.3 Å². The van der Waals surface area contributed by atoms with Crippen molar-refractivity contribution >= 4 is 46.1 Å². The fourth-order valence-electron chi connectivity index (χ4n) is 4.09. The van der Waals surface area contributed by atoms with E-state index in [1.165, 1.54) is 27.6 Å². The molecule has 1 saturated carbocycles. The van der Waals surface area contributed by atoms with Gasteiger partial charge in [-0.25, -0.2) is 0 Å². The van der Waals surface area contributed by atoms with Crippen LogP contribution in [0.15, 0.2) is 59.3 Å². The summed E-state index contributed by atoms with van der Waals surface area (Å²) >= 11 is 2.73. The molecule has 1 fully saturated rings. The average molecular weight is 498 g/mol. The van der Waals surface area contributed by atoms with Gasteiger partial charge >= 0.3 is 0 Å². The van der Waals surface area contributed by atoms with Gasteiger partial charge in [-0.2, -0.15) is 0 Å². The lowest BCUT2D eigenvalue weighted by Gasteiger charge is -2.31. The van der Waals surface area contributed by atoms with Crippen molar-refractivity contribution < 1.29 is 19.1 Å². The Morgan fingerprint density at radius 1 is 1.03 bits per heavy atom. The molecular weight excluding hydrogens is 470 g/mol. The lowest BCUT2D eigenvalue weighted by Crippen LogP contribution is -2.48. The topological polar surface area (TPSA) is 87.7 Å². The van der Waals surface area contributed by atoms with Crippen molar-refractivity contribution in [1.82, 2.24) is 10.6 Å². The Balaban J connectivity index is 1.63. The van der Waals surface area contributed by atoms with Crippen LogP contribution in [0.4, 0.5) is 5.69 Å². The molecule has 1 atom stereocenters. The van der Waals surface area contributed by atoms with E-state index in [1.807, 2.05) is 17.5 Å². The van der Waals surface area contributed by atoms with Gasteiger partial charge in [-0.05, 0) is 60.0 Å². The van der Waals surface area contributed by atoms with Crippen molar-refractivity contribution in [3.8, 4) is 5.75 Å². The number of thiophene rings is 2. The Labute approximate surface area is 206 Å². The number of ether oxygens (including phenoxy) is 1. The van der Waals surface area contributed by atoms with E-state index in [9.17, 15) is 14.4 Å². The zero-order chi connectivity index (χ0) is 23.9. The maximum absolute atomic E-state index is 13.6. The summed E-state index contributed by atoms with van der Waals surface area (Å²) < 4.78 is 5.26. The first-order valence-corrected chi connectivity index (χ1v) is 12.9. The molecule has 0 radical (unpaired) electrons. The monoisotopic (exact) mass is 497 g/mol. The van der Waals surface area contributed by atoms with Crippen LogP contribution in [-0.2, 0) is 9.59 Å². The first-order valence-electron chi connectivity index (χ1n) is 11.2. The van der Waals surface area contributed by atoms with Gasteiger partial charge in [0.25, 0.3) is 5.91 Å². The lowest BCUT2D eigenvalue weighted by atomic mass is 10.1. The van der Waals surface area contributed by atoms with Gasteiger partial charge in [0, 0.05) is 16.6 Å². The Morgan fingerprint density at radius 3 is 2.35 bits per heavy atom. The molecule has 7 nitrogen and oxygen atoms in total. The number of anilines is 1. The van der Waals surface area contributed by atoms with Gasteiger partial charge in [0.05, 0.1) is 18.5 Å². The molecule has 3 aromatic rings. The fraction of sp³-hybridized carbons (Fsp3) is 0.320. The van der Waals surface area contributed by atoms with Crippen LogP contribution < -0.4 is 20.3 Å². The van der Waals surface area contributed by atoms with E-state index in [4.69, 9.17) is 4.74 Å². The first kappa shape index (κ1) is 24.0. The van der Waals surface area contributed by atoms with Gasteiger partial charge in [0.2, 0.25) is 11.8 Å². The number of hydrogen-bond acceptors (Lipinski definition) is 6. The number of amides is 3. The Hall–Kier alpha value is -3.17. The third-order valence-corrected chi connectivity index (χ3v) is 7.58. The standard InChI is InChI=1S/C25H27N3O4S2/c1-32-19-12-10-18(11-13-19)28(22(29)16-26-24(30)21-9-5-15-34-21)23(20-8-4-14-33-20)25(31)27-17-6-2-3-7-17/h4-5,8-15,17,23H,2-3,6-7,16H2,1H3,(H,26,30)(H,27,31). The number of methoxy groups -OCH3 is 1. The minimum Gasteiger partial charge on any atom is -0.497 e. The Morgan fingerprint density at radius 2 is 1.74 bits per heavy atom. The van der Waals surface area contributed by atoms with Crippen LogP contribution in [0.2, 0.25) is 0 Å². The summed E-state index contributed by atoms with van der Waals surface area (Å²) in [5.41, 5.74) is 0.552. The highest BCUT2D eigenvalue weighted by atomic mass is 32.1. The normalized spacial score (nSPS) is 14.4. The second kappa shape index (κ2) is 11.3. The summed E-state index contributed by atoms with van der Waals surface area (Å²) in [7, 11) is 1.57. The second-order valence-corrected chi connectivity index (χ2v) is 9.96. The van der Waals surface area contributed by atoms with Crippen LogP contribution in [0.1, 0.15) is 46.3 Å². The summed E-state index contributed by atoms with van der Waals surface area (Å²) in [6.07, 6.45) is 4.06. The molecule has 1 aliphatic rings. The summed E-state index contributed by atoms with van der Waals surface area (Å²) in [6, 6.07) is 13.5. The molecule has 0 spiro atoms. The van der Waals surface area contributed by atoms with Crippen LogP contribution in [0, 0.1) is 0 Å². The smallest absolute Gasteiger partial charge is 0.261 e. The number of carbonyl (C=O) groups excluding carboxylic acids is 3. The molecular formula is C25H27N3O4S2. The van der Waals surface area contributed by atoms with E-state index < -0.39 is 6.04 Å². The maximum Gasteiger partial charge on any atom is 0.261 e. The van der Waals surface area contributed by atoms with Gasteiger partial charge in [-0.1, -0.05) is 25.0 Å². The van der Waals surface area contributed by atoms with Crippen molar-refractivity contribution in [2.45, 2.75) is 37.8 Å². The number of nitrogens with one attached hydrogen (secondary N) is 2. The molecule has 0 bridgehead atoms. The SMILES string of the molecule is COc1ccc(N(C(=O)CNC(=O)c2cccs2)C(C(=O)NC2CCCC2)c2cccs2)cc1. The highest BCUT2D eigenvalue weighted by Gasteiger charge is 2.35. The van der Waals surface area contributed by atoms with Crippen LogP contribution in [0.5, 0.6) is 5.75 Å². The van der Waals surface area contributed by atoms with Crippen LogP contribution in [0.3, 0.4) is 0 Å². The molecule has 2 N–H and O–H groups in total. The highest BCUT2D eigenvalue weighted by molar-refractivity contribution is 7.12. The maximum atomic E-state index is 13.6. The Kier molecular flexibility index (Phi) is 7.97. The summed E-state index contributed by atoms with van der Waals surface area (Å²) in [6.45, 7) is -0.235. The number of benzene rings is 1. The molecule has 1 aromatic carbocycles. The lowest BCUT2D eigenvalue weighted by molar-refractivity contribution is -0.126. The molecule has 3 amide bonds. The molecule has 4 rings (SSSR count). The van der Waals surface area contributed by atoms with Crippen molar-refractivity contribution in [1.29, 1.82) is 0 Å². The van der Waals surface area contributed by atoms with E-state index in [2.05, 4.69) is 10.6 Å². The molecule has 34 heavy (non-hydrogen) atoms. The van der Waals surface area contributed by atoms with E-state index in [1.54, 1.807) is 48.9 Å². The van der Waals surface area contributed by atoms with E-state index >= 15 is 0 Å². The molecule has 0 saturated heterocycles. The molecule has 2 heterocycles. The number of hydrogen-bond donors (Lipinski definition) is 2. The largest absolute Gasteiger partial charge is 0.497 e.